The summed E-state index contributed by atoms with van der Waals surface area (Å²) in [5.74, 6) is 0.760. The van der Waals surface area contributed by atoms with Crippen LogP contribution < -0.4 is 15.4 Å². The number of likely N-dealkylation sites (N-methyl/N-ethyl adjacent to an activating group) is 1. The summed E-state index contributed by atoms with van der Waals surface area (Å²) in [5.41, 5.74) is 7.41. The van der Waals surface area contributed by atoms with Crippen molar-refractivity contribution in [3.05, 3.63) is 18.2 Å². The lowest BCUT2D eigenvalue weighted by molar-refractivity contribution is 0.270. The van der Waals surface area contributed by atoms with Gasteiger partial charge in [-0.15, -0.1) is 0 Å². The number of aliphatic hydroxyl groups excluding tert-OH is 1. The monoisotopic (exact) mass is 210 g/mol. The Morgan fingerprint density at radius 1 is 1.53 bits per heavy atom. The zero-order valence-corrected chi connectivity index (χ0v) is 9.40. The molecule has 84 valence electrons. The van der Waals surface area contributed by atoms with Crippen molar-refractivity contribution in [3.63, 3.8) is 0 Å². The molecule has 4 heteroatoms. The molecule has 15 heavy (non-hydrogen) atoms. The van der Waals surface area contributed by atoms with Crippen molar-refractivity contribution in [2.24, 2.45) is 0 Å². The van der Waals surface area contributed by atoms with Gasteiger partial charge in [0.15, 0.2) is 0 Å². The van der Waals surface area contributed by atoms with Gasteiger partial charge >= 0.3 is 0 Å². The van der Waals surface area contributed by atoms with Crippen LogP contribution in [0.2, 0.25) is 0 Å². The summed E-state index contributed by atoms with van der Waals surface area (Å²) in [6.45, 7) is 2.02. The highest BCUT2D eigenvalue weighted by atomic mass is 16.5. The minimum Gasteiger partial charge on any atom is -0.497 e. The summed E-state index contributed by atoms with van der Waals surface area (Å²) in [7, 11) is 3.51. The van der Waals surface area contributed by atoms with Crippen LogP contribution in [0.15, 0.2) is 18.2 Å². The second kappa shape index (κ2) is 4.89. The summed E-state index contributed by atoms with van der Waals surface area (Å²) in [6, 6.07) is 5.51. The van der Waals surface area contributed by atoms with E-state index in [1.165, 1.54) is 0 Å². The number of hydrogen-bond acceptors (Lipinski definition) is 4. The van der Waals surface area contributed by atoms with Crippen LogP contribution in [0.25, 0.3) is 0 Å². The molecule has 0 radical (unpaired) electrons. The Morgan fingerprint density at radius 3 is 2.73 bits per heavy atom. The van der Waals surface area contributed by atoms with Crippen LogP contribution in [0.5, 0.6) is 5.75 Å². The van der Waals surface area contributed by atoms with Gasteiger partial charge in [0.05, 0.1) is 25.1 Å². The maximum atomic E-state index is 9.07. The molecular weight excluding hydrogens is 192 g/mol. The Morgan fingerprint density at radius 2 is 2.20 bits per heavy atom. The molecule has 1 rings (SSSR count). The maximum Gasteiger partial charge on any atom is 0.121 e. The SMILES string of the molecule is COc1ccc(N)c(N(C)C(C)CO)c1. The van der Waals surface area contributed by atoms with E-state index in [9.17, 15) is 0 Å². The van der Waals surface area contributed by atoms with Gasteiger partial charge in [-0.2, -0.15) is 0 Å². The topological polar surface area (TPSA) is 58.7 Å². The number of nitrogens with two attached hydrogens (primary N) is 1. The van der Waals surface area contributed by atoms with Crippen LogP contribution in [0.3, 0.4) is 0 Å². The van der Waals surface area contributed by atoms with Crippen molar-refractivity contribution in [1.82, 2.24) is 0 Å². The minimum absolute atomic E-state index is 0.0272. The second-order valence-electron chi connectivity index (χ2n) is 3.57. The lowest BCUT2D eigenvalue weighted by atomic mass is 10.2. The van der Waals surface area contributed by atoms with Crippen molar-refractivity contribution >= 4 is 11.4 Å². The van der Waals surface area contributed by atoms with Gasteiger partial charge < -0.3 is 20.5 Å². The van der Waals surface area contributed by atoms with Crippen molar-refractivity contribution in [3.8, 4) is 5.75 Å². The van der Waals surface area contributed by atoms with E-state index in [0.29, 0.717) is 5.69 Å². The van der Waals surface area contributed by atoms with E-state index in [4.69, 9.17) is 15.6 Å². The molecule has 0 aliphatic rings. The van der Waals surface area contributed by atoms with Gasteiger partial charge in [0.2, 0.25) is 0 Å². The molecule has 0 bridgehead atoms. The molecule has 0 spiro atoms. The van der Waals surface area contributed by atoms with E-state index >= 15 is 0 Å². The third kappa shape index (κ3) is 2.53. The van der Waals surface area contributed by atoms with Gasteiger partial charge in [-0.25, -0.2) is 0 Å². The summed E-state index contributed by atoms with van der Waals surface area (Å²) in [5, 5.41) is 9.07. The predicted octanol–water partition coefficient (Wildman–Crippen LogP) is 1.09. The molecule has 0 heterocycles. The molecule has 0 aliphatic heterocycles. The fourth-order valence-electron chi connectivity index (χ4n) is 1.32. The first-order valence-corrected chi connectivity index (χ1v) is 4.87. The predicted molar refractivity (Wildman–Crippen MR) is 62.4 cm³/mol. The fraction of sp³-hybridized carbons (Fsp3) is 0.455. The number of nitrogen functional groups attached to an aromatic ring is 1. The summed E-state index contributed by atoms with van der Waals surface area (Å²) in [4.78, 5) is 1.93. The third-order valence-corrected chi connectivity index (χ3v) is 2.54. The normalized spacial score (nSPS) is 12.3. The average molecular weight is 210 g/mol. The van der Waals surface area contributed by atoms with E-state index in [2.05, 4.69) is 0 Å². The molecule has 0 amide bonds. The van der Waals surface area contributed by atoms with E-state index < -0.39 is 0 Å². The first-order chi connectivity index (χ1) is 7.10. The summed E-state index contributed by atoms with van der Waals surface area (Å²) < 4.78 is 5.13. The Kier molecular flexibility index (Phi) is 3.80. The van der Waals surface area contributed by atoms with Crippen molar-refractivity contribution in [1.29, 1.82) is 0 Å². The molecule has 0 aliphatic carbocycles. The first kappa shape index (κ1) is 11.7. The standard InChI is InChI=1S/C11H18N2O2/c1-8(7-14)13(2)11-6-9(15-3)4-5-10(11)12/h4-6,8,14H,7,12H2,1-3H3. The largest absolute Gasteiger partial charge is 0.497 e. The van der Waals surface area contributed by atoms with E-state index in [1.807, 2.05) is 31.0 Å². The van der Waals surface area contributed by atoms with Gasteiger partial charge in [-0.05, 0) is 19.1 Å². The fourth-order valence-corrected chi connectivity index (χ4v) is 1.32. The molecule has 0 aromatic heterocycles. The van der Waals surface area contributed by atoms with E-state index in [0.717, 1.165) is 11.4 Å². The van der Waals surface area contributed by atoms with Crippen molar-refractivity contribution < 1.29 is 9.84 Å². The van der Waals surface area contributed by atoms with Crippen LogP contribution in [0.1, 0.15) is 6.92 Å². The molecule has 1 unspecified atom stereocenters. The number of hydrogen-bond donors (Lipinski definition) is 2. The van der Waals surface area contributed by atoms with Gasteiger partial charge in [-0.1, -0.05) is 0 Å². The number of anilines is 2. The number of methoxy groups -OCH3 is 1. The van der Waals surface area contributed by atoms with Crippen molar-refractivity contribution in [2.75, 3.05) is 31.4 Å². The number of rotatable bonds is 4. The highest BCUT2D eigenvalue weighted by Gasteiger charge is 2.12. The maximum absolute atomic E-state index is 9.07. The molecular formula is C11H18N2O2. The smallest absolute Gasteiger partial charge is 0.121 e. The molecule has 1 atom stereocenters. The van der Waals surface area contributed by atoms with Gasteiger partial charge in [-0.3, -0.25) is 0 Å². The first-order valence-electron chi connectivity index (χ1n) is 4.87. The van der Waals surface area contributed by atoms with Crippen LogP contribution in [-0.4, -0.2) is 31.9 Å². The van der Waals surface area contributed by atoms with Crippen LogP contribution in [0.4, 0.5) is 11.4 Å². The second-order valence-corrected chi connectivity index (χ2v) is 3.57. The zero-order chi connectivity index (χ0) is 11.4. The third-order valence-electron chi connectivity index (χ3n) is 2.54. The van der Waals surface area contributed by atoms with Gasteiger partial charge in [0.1, 0.15) is 5.75 Å². The number of nitrogens with zero attached hydrogens (tertiary/aromatic N) is 1. The molecule has 4 nitrogen and oxygen atoms in total. The van der Waals surface area contributed by atoms with Crippen LogP contribution in [-0.2, 0) is 0 Å². The van der Waals surface area contributed by atoms with Gasteiger partial charge in [0, 0.05) is 19.2 Å². The highest BCUT2D eigenvalue weighted by Crippen LogP contribution is 2.28. The van der Waals surface area contributed by atoms with Crippen molar-refractivity contribution in [2.45, 2.75) is 13.0 Å². The quantitative estimate of drug-likeness (QED) is 0.730. The summed E-state index contributed by atoms with van der Waals surface area (Å²) in [6.07, 6.45) is 0. The van der Waals surface area contributed by atoms with E-state index in [-0.39, 0.29) is 12.6 Å². The Bertz CT molecular complexity index is 328. The molecule has 1 aromatic rings. The Balaban J connectivity index is 3.01. The zero-order valence-electron chi connectivity index (χ0n) is 9.40. The van der Waals surface area contributed by atoms with Crippen LogP contribution in [0, 0.1) is 0 Å². The molecule has 1 aromatic carbocycles. The average Bonchev–Trinajstić information content (AvgIpc) is 2.27. The highest BCUT2D eigenvalue weighted by molar-refractivity contribution is 5.69. The number of ether oxygens (including phenoxy) is 1. The van der Waals surface area contributed by atoms with Crippen LogP contribution >= 0.6 is 0 Å². The molecule has 3 N–H and O–H groups in total. The molecule has 0 saturated carbocycles. The molecule has 0 saturated heterocycles. The number of aliphatic hydroxyl groups is 1. The number of benzene rings is 1. The van der Waals surface area contributed by atoms with E-state index in [1.54, 1.807) is 13.2 Å². The van der Waals surface area contributed by atoms with Gasteiger partial charge in [0.25, 0.3) is 0 Å². The summed E-state index contributed by atoms with van der Waals surface area (Å²) >= 11 is 0. The lowest BCUT2D eigenvalue weighted by Crippen LogP contribution is -2.32. The Labute approximate surface area is 90.3 Å². The minimum atomic E-state index is 0.0272. The lowest BCUT2D eigenvalue weighted by Gasteiger charge is -2.26. The Hall–Kier alpha value is -1.42. The molecule has 0 fully saturated rings.